The zero-order valence-corrected chi connectivity index (χ0v) is 9.32. The van der Waals surface area contributed by atoms with Gasteiger partial charge in [0.1, 0.15) is 0 Å². The second kappa shape index (κ2) is 5.07. The summed E-state index contributed by atoms with van der Waals surface area (Å²) < 4.78 is 10.7. The molecule has 1 aliphatic heterocycles. The van der Waals surface area contributed by atoms with Crippen LogP contribution in [0.3, 0.4) is 0 Å². The summed E-state index contributed by atoms with van der Waals surface area (Å²) in [4.78, 5) is 2.25. The molecule has 0 aromatic rings. The number of methoxy groups -OCH3 is 1. The van der Waals surface area contributed by atoms with Crippen molar-refractivity contribution in [2.24, 2.45) is 0 Å². The first-order chi connectivity index (χ1) is 6.60. The molecule has 4 heteroatoms. The van der Waals surface area contributed by atoms with Crippen LogP contribution in [0.25, 0.3) is 0 Å². The predicted octanol–water partition coefficient (Wildman–Crippen LogP) is 0.104. The van der Waals surface area contributed by atoms with Crippen LogP contribution in [0.1, 0.15) is 13.8 Å². The van der Waals surface area contributed by atoms with Crippen molar-refractivity contribution >= 4 is 0 Å². The summed E-state index contributed by atoms with van der Waals surface area (Å²) in [6.45, 7) is 7.32. The minimum atomic E-state index is 0.0208. The minimum absolute atomic E-state index is 0.0208. The van der Waals surface area contributed by atoms with Crippen molar-refractivity contribution in [2.75, 3.05) is 40.0 Å². The highest BCUT2D eigenvalue weighted by molar-refractivity contribution is 4.87. The van der Waals surface area contributed by atoms with Gasteiger partial charge in [-0.25, -0.2) is 0 Å². The summed E-state index contributed by atoms with van der Waals surface area (Å²) in [7, 11) is 1.68. The molecule has 14 heavy (non-hydrogen) atoms. The van der Waals surface area contributed by atoms with Crippen LogP contribution in [-0.2, 0) is 9.47 Å². The third-order valence-electron chi connectivity index (χ3n) is 2.67. The molecule has 4 nitrogen and oxygen atoms in total. The fraction of sp³-hybridized carbons (Fsp3) is 1.00. The van der Waals surface area contributed by atoms with Gasteiger partial charge in [0, 0.05) is 25.7 Å². The van der Waals surface area contributed by atoms with Crippen LogP contribution >= 0.6 is 0 Å². The molecule has 0 amide bonds. The fourth-order valence-corrected chi connectivity index (χ4v) is 1.76. The molecule has 1 N–H and O–H groups in total. The van der Waals surface area contributed by atoms with Crippen molar-refractivity contribution in [3.63, 3.8) is 0 Å². The van der Waals surface area contributed by atoms with Gasteiger partial charge in [0.2, 0.25) is 0 Å². The average molecular weight is 203 g/mol. The number of aliphatic hydroxyl groups is 1. The summed E-state index contributed by atoms with van der Waals surface area (Å²) in [5.41, 5.74) is 0.0208. The highest BCUT2D eigenvalue weighted by Crippen LogP contribution is 2.21. The predicted molar refractivity (Wildman–Crippen MR) is 54.4 cm³/mol. The van der Waals surface area contributed by atoms with Crippen LogP contribution in [0.15, 0.2) is 0 Å². The maximum atomic E-state index is 8.95. The van der Waals surface area contributed by atoms with Gasteiger partial charge in [-0.3, -0.25) is 4.90 Å². The number of aliphatic hydroxyl groups excluding tert-OH is 1. The number of rotatable bonds is 4. The topological polar surface area (TPSA) is 41.9 Å². The average Bonchev–Trinajstić information content (AvgIpc) is 2.12. The van der Waals surface area contributed by atoms with Crippen molar-refractivity contribution in [2.45, 2.75) is 25.5 Å². The Labute approximate surface area is 85.8 Å². The molecule has 0 bridgehead atoms. The van der Waals surface area contributed by atoms with Gasteiger partial charge in [0.25, 0.3) is 0 Å². The minimum Gasteiger partial charge on any atom is -0.395 e. The zero-order chi connectivity index (χ0) is 10.6. The Kier molecular flexibility index (Phi) is 4.31. The Bertz CT molecular complexity index is 173. The third kappa shape index (κ3) is 2.92. The van der Waals surface area contributed by atoms with Gasteiger partial charge < -0.3 is 14.6 Å². The summed E-state index contributed by atoms with van der Waals surface area (Å²) >= 11 is 0. The number of ether oxygens (including phenoxy) is 2. The lowest BCUT2D eigenvalue weighted by molar-refractivity contribution is -0.120. The quantitative estimate of drug-likeness (QED) is 0.704. The van der Waals surface area contributed by atoms with E-state index in [1.54, 1.807) is 7.11 Å². The van der Waals surface area contributed by atoms with Gasteiger partial charge in [-0.1, -0.05) is 0 Å². The molecule has 1 aliphatic rings. The van der Waals surface area contributed by atoms with Gasteiger partial charge in [-0.15, -0.1) is 0 Å². The van der Waals surface area contributed by atoms with Crippen molar-refractivity contribution < 1.29 is 14.6 Å². The van der Waals surface area contributed by atoms with Crippen LogP contribution in [0.5, 0.6) is 0 Å². The highest BCUT2D eigenvalue weighted by Gasteiger charge is 2.34. The van der Waals surface area contributed by atoms with Gasteiger partial charge in [-0.05, 0) is 13.8 Å². The molecule has 1 saturated heterocycles. The van der Waals surface area contributed by atoms with Crippen LogP contribution < -0.4 is 0 Å². The third-order valence-corrected chi connectivity index (χ3v) is 2.67. The summed E-state index contributed by atoms with van der Waals surface area (Å²) in [6.07, 6.45) is 0.138. The number of β-amino-alcohol motifs (C(OH)–C–C–N with tert-alkyl or cyclic N) is 1. The standard InChI is InChI=1S/C10H21NO3/c1-10(2)8-14-9(7-13-3)6-11(10)4-5-12/h9,12H,4-8H2,1-3H3/t9-/m0/s1. The van der Waals surface area contributed by atoms with Gasteiger partial charge in [0.05, 0.1) is 25.9 Å². The second-order valence-corrected chi connectivity index (χ2v) is 4.37. The molecule has 1 fully saturated rings. The van der Waals surface area contributed by atoms with E-state index in [0.717, 1.165) is 6.54 Å². The van der Waals surface area contributed by atoms with E-state index in [-0.39, 0.29) is 18.2 Å². The van der Waals surface area contributed by atoms with E-state index in [0.29, 0.717) is 19.8 Å². The van der Waals surface area contributed by atoms with Crippen LogP contribution in [0.4, 0.5) is 0 Å². The molecule has 0 unspecified atom stereocenters. The van der Waals surface area contributed by atoms with E-state index >= 15 is 0 Å². The first-order valence-corrected chi connectivity index (χ1v) is 5.06. The normalized spacial score (nSPS) is 27.9. The molecule has 84 valence electrons. The zero-order valence-electron chi connectivity index (χ0n) is 9.32. The number of hydrogen-bond donors (Lipinski definition) is 1. The van der Waals surface area contributed by atoms with Crippen LogP contribution in [-0.4, -0.2) is 61.7 Å². The van der Waals surface area contributed by atoms with Gasteiger partial charge >= 0.3 is 0 Å². The summed E-state index contributed by atoms with van der Waals surface area (Å²) in [5, 5.41) is 8.95. The maximum Gasteiger partial charge on any atom is 0.0935 e. The molecule has 1 rings (SSSR count). The Morgan fingerprint density at radius 2 is 2.29 bits per heavy atom. The van der Waals surface area contributed by atoms with Crippen molar-refractivity contribution in [1.82, 2.24) is 4.90 Å². The van der Waals surface area contributed by atoms with E-state index in [1.165, 1.54) is 0 Å². The molecule has 0 aromatic heterocycles. The number of hydrogen-bond acceptors (Lipinski definition) is 4. The van der Waals surface area contributed by atoms with Gasteiger partial charge in [-0.2, -0.15) is 0 Å². The largest absolute Gasteiger partial charge is 0.395 e. The maximum absolute atomic E-state index is 8.95. The van der Waals surface area contributed by atoms with E-state index in [2.05, 4.69) is 18.7 Å². The Hall–Kier alpha value is -0.160. The molecule has 1 heterocycles. The molecule has 0 radical (unpaired) electrons. The monoisotopic (exact) mass is 203 g/mol. The lowest BCUT2D eigenvalue weighted by atomic mass is 10.0. The lowest BCUT2D eigenvalue weighted by Gasteiger charge is -2.45. The van der Waals surface area contributed by atoms with E-state index in [4.69, 9.17) is 14.6 Å². The Balaban J connectivity index is 2.49. The first kappa shape index (κ1) is 11.9. The molecular weight excluding hydrogens is 182 g/mol. The van der Waals surface area contributed by atoms with Gasteiger partial charge in [0.15, 0.2) is 0 Å². The fourth-order valence-electron chi connectivity index (χ4n) is 1.76. The molecule has 0 saturated carbocycles. The Morgan fingerprint density at radius 3 is 2.86 bits per heavy atom. The van der Waals surface area contributed by atoms with E-state index < -0.39 is 0 Å². The lowest BCUT2D eigenvalue weighted by Crippen LogP contribution is -2.57. The van der Waals surface area contributed by atoms with E-state index in [9.17, 15) is 0 Å². The van der Waals surface area contributed by atoms with Crippen molar-refractivity contribution in [3.8, 4) is 0 Å². The van der Waals surface area contributed by atoms with Crippen LogP contribution in [0.2, 0.25) is 0 Å². The number of nitrogens with zero attached hydrogens (tertiary/aromatic N) is 1. The SMILES string of the molecule is COC[C@@H]1CN(CCO)C(C)(C)CO1. The molecule has 0 aliphatic carbocycles. The smallest absolute Gasteiger partial charge is 0.0935 e. The van der Waals surface area contributed by atoms with Crippen molar-refractivity contribution in [1.29, 1.82) is 0 Å². The second-order valence-electron chi connectivity index (χ2n) is 4.37. The molecule has 1 atom stereocenters. The summed E-state index contributed by atoms with van der Waals surface area (Å²) in [6, 6.07) is 0. The molecular formula is C10H21NO3. The molecule has 0 spiro atoms. The van der Waals surface area contributed by atoms with Crippen LogP contribution in [0, 0.1) is 0 Å². The molecule has 0 aromatic carbocycles. The Morgan fingerprint density at radius 1 is 1.57 bits per heavy atom. The first-order valence-electron chi connectivity index (χ1n) is 5.06. The summed E-state index contributed by atoms with van der Waals surface area (Å²) in [5.74, 6) is 0. The van der Waals surface area contributed by atoms with Crippen molar-refractivity contribution in [3.05, 3.63) is 0 Å². The number of morpholine rings is 1. The van der Waals surface area contributed by atoms with E-state index in [1.807, 2.05) is 0 Å². The highest BCUT2D eigenvalue weighted by atomic mass is 16.5.